The SMILES string of the molecule is CCCCCCCCCCC(CO)CCCCCCCC.CCCCCCCCCCCCC(C)(CCCCCCCC)C(=O)O. The van der Waals surface area contributed by atoms with Crippen molar-refractivity contribution in [2.75, 3.05) is 6.61 Å². The minimum absolute atomic E-state index is 0.408. The summed E-state index contributed by atoms with van der Waals surface area (Å²) in [5.41, 5.74) is -0.495. The van der Waals surface area contributed by atoms with E-state index < -0.39 is 11.4 Å². The number of aliphatic carboxylic acids is 1. The largest absolute Gasteiger partial charge is 0.481 e. The van der Waals surface area contributed by atoms with Crippen LogP contribution in [0.15, 0.2) is 0 Å². The van der Waals surface area contributed by atoms with Gasteiger partial charge in [0.1, 0.15) is 0 Å². The van der Waals surface area contributed by atoms with E-state index in [-0.39, 0.29) is 0 Å². The quantitative estimate of drug-likeness (QED) is 0.0662. The van der Waals surface area contributed by atoms with Crippen molar-refractivity contribution in [2.24, 2.45) is 11.3 Å². The van der Waals surface area contributed by atoms with E-state index in [1.54, 1.807) is 0 Å². The zero-order valence-corrected chi connectivity index (χ0v) is 32.6. The lowest BCUT2D eigenvalue weighted by Crippen LogP contribution is -2.27. The summed E-state index contributed by atoms with van der Waals surface area (Å²) in [6, 6.07) is 0. The van der Waals surface area contributed by atoms with Crippen LogP contribution in [0.4, 0.5) is 0 Å². The van der Waals surface area contributed by atoms with Crippen LogP contribution in [-0.4, -0.2) is 22.8 Å². The van der Waals surface area contributed by atoms with Gasteiger partial charge in [0.2, 0.25) is 0 Å². The molecule has 0 saturated carbocycles. The summed E-state index contributed by atoms with van der Waals surface area (Å²) in [4.78, 5) is 11.7. The molecule has 0 aliphatic rings. The molecule has 3 nitrogen and oxygen atoms in total. The standard InChI is InChI=1S/C23H46O2.C20H42O/c1-4-6-8-10-12-13-14-15-17-19-21-23(3,22(24)25)20-18-16-11-9-7-5-2;1-3-5-7-9-11-12-14-16-18-20(19-21)17-15-13-10-8-6-4-2/h4-21H2,1-3H3,(H,24,25);20-21H,3-19H2,1-2H3. The number of rotatable bonds is 36. The zero-order valence-electron chi connectivity index (χ0n) is 32.6. The van der Waals surface area contributed by atoms with Crippen molar-refractivity contribution >= 4 is 5.97 Å². The molecule has 2 unspecified atom stereocenters. The van der Waals surface area contributed by atoms with Gasteiger partial charge in [-0.15, -0.1) is 0 Å². The highest BCUT2D eigenvalue weighted by molar-refractivity contribution is 5.74. The topological polar surface area (TPSA) is 57.5 Å². The van der Waals surface area contributed by atoms with Gasteiger partial charge >= 0.3 is 5.97 Å². The molecule has 0 radical (unpaired) electrons. The van der Waals surface area contributed by atoms with Crippen LogP contribution in [-0.2, 0) is 4.79 Å². The third kappa shape index (κ3) is 34.8. The first kappa shape index (κ1) is 47.5. The first-order valence-electron chi connectivity index (χ1n) is 21.3. The molecule has 0 heterocycles. The molecule has 3 heteroatoms. The van der Waals surface area contributed by atoms with Gasteiger partial charge in [-0.1, -0.05) is 220 Å². The summed E-state index contributed by atoms with van der Waals surface area (Å²) in [5, 5.41) is 19.1. The molecule has 2 N–H and O–H groups in total. The molecule has 0 fully saturated rings. The minimum atomic E-state index is -0.586. The van der Waals surface area contributed by atoms with Crippen molar-refractivity contribution in [3.8, 4) is 0 Å². The van der Waals surface area contributed by atoms with Gasteiger partial charge in [0.25, 0.3) is 0 Å². The Hall–Kier alpha value is -0.570. The number of hydrogen-bond donors (Lipinski definition) is 2. The molecule has 0 rings (SSSR count). The van der Waals surface area contributed by atoms with E-state index >= 15 is 0 Å². The molecular formula is C43H88O3. The number of aliphatic hydroxyl groups is 1. The number of hydrogen-bond acceptors (Lipinski definition) is 2. The van der Waals surface area contributed by atoms with Crippen molar-refractivity contribution in [2.45, 2.75) is 253 Å². The Labute approximate surface area is 291 Å². The van der Waals surface area contributed by atoms with Crippen LogP contribution < -0.4 is 0 Å². The molecule has 0 bridgehead atoms. The lowest BCUT2D eigenvalue weighted by Gasteiger charge is -2.24. The zero-order chi connectivity index (χ0) is 34.4. The van der Waals surface area contributed by atoms with Crippen LogP contribution in [0.5, 0.6) is 0 Å². The number of aliphatic hydroxyl groups excluding tert-OH is 1. The molecule has 0 aromatic rings. The van der Waals surface area contributed by atoms with Gasteiger partial charge in [-0.2, -0.15) is 0 Å². The smallest absolute Gasteiger partial charge is 0.309 e. The van der Waals surface area contributed by atoms with Gasteiger partial charge < -0.3 is 10.2 Å². The molecule has 0 aliphatic carbocycles. The maximum Gasteiger partial charge on any atom is 0.309 e. The summed E-state index contributed by atoms with van der Waals surface area (Å²) in [6.07, 6.45) is 44.1. The molecule has 0 aliphatic heterocycles. The predicted octanol–water partition coefficient (Wildman–Crippen LogP) is 15.0. The van der Waals surface area contributed by atoms with Crippen LogP contribution in [0, 0.1) is 11.3 Å². The average molecular weight is 653 g/mol. The fraction of sp³-hybridized carbons (Fsp3) is 0.977. The van der Waals surface area contributed by atoms with Gasteiger partial charge in [0.05, 0.1) is 5.41 Å². The minimum Gasteiger partial charge on any atom is -0.481 e. The fourth-order valence-corrected chi connectivity index (χ4v) is 6.74. The van der Waals surface area contributed by atoms with Crippen molar-refractivity contribution in [3.63, 3.8) is 0 Å². The van der Waals surface area contributed by atoms with Crippen molar-refractivity contribution in [1.82, 2.24) is 0 Å². The molecule has 2 atom stereocenters. The lowest BCUT2D eigenvalue weighted by molar-refractivity contribution is -0.149. The van der Waals surface area contributed by atoms with Crippen LogP contribution in [0.25, 0.3) is 0 Å². The van der Waals surface area contributed by atoms with Gasteiger partial charge in [0, 0.05) is 6.61 Å². The van der Waals surface area contributed by atoms with Crippen molar-refractivity contribution in [3.05, 3.63) is 0 Å². The predicted molar refractivity (Wildman–Crippen MR) is 206 cm³/mol. The normalized spacial score (nSPS) is 13.3. The van der Waals surface area contributed by atoms with Crippen LogP contribution in [0.2, 0.25) is 0 Å². The Balaban J connectivity index is 0. The number of carbonyl (C=O) groups is 1. The molecule has 0 amide bonds. The van der Waals surface area contributed by atoms with Gasteiger partial charge in [0.15, 0.2) is 0 Å². The highest BCUT2D eigenvalue weighted by atomic mass is 16.4. The van der Waals surface area contributed by atoms with Crippen LogP contribution in [0.1, 0.15) is 253 Å². The van der Waals surface area contributed by atoms with E-state index in [0.29, 0.717) is 12.5 Å². The van der Waals surface area contributed by atoms with Crippen LogP contribution in [0.3, 0.4) is 0 Å². The highest BCUT2D eigenvalue weighted by Gasteiger charge is 2.31. The number of unbranched alkanes of at least 4 members (excludes halogenated alkanes) is 26. The first-order valence-corrected chi connectivity index (χ1v) is 21.3. The monoisotopic (exact) mass is 653 g/mol. The summed E-state index contributed by atoms with van der Waals surface area (Å²) in [6.45, 7) is 11.4. The molecule has 0 aromatic carbocycles. The second-order valence-corrected chi connectivity index (χ2v) is 15.2. The first-order chi connectivity index (χ1) is 22.4. The Morgan fingerprint density at radius 3 is 0.913 bits per heavy atom. The second kappa shape index (κ2) is 38.9. The molecular weight excluding hydrogens is 564 g/mol. The van der Waals surface area contributed by atoms with Crippen molar-refractivity contribution < 1.29 is 15.0 Å². The summed E-state index contributed by atoms with van der Waals surface area (Å²) >= 11 is 0. The van der Waals surface area contributed by atoms with E-state index in [4.69, 9.17) is 0 Å². The molecule has 0 saturated heterocycles. The maximum absolute atomic E-state index is 11.7. The Bertz CT molecular complexity index is 576. The Kier molecular flexibility index (Phi) is 40.2. The van der Waals surface area contributed by atoms with E-state index in [0.717, 1.165) is 25.7 Å². The molecule has 0 aromatic heterocycles. The van der Waals surface area contributed by atoms with Gasteiger partial charge in [-0.05, 0) is 38.5 Å². The average Bonchev–Trinajstić information content (AvgIpc) is 3.05. The third-order valence-corrected chi connectivity index (χ3v) is 10.4. The number of carboxylic acid groups (broad SMARTS) is 1. The van der Waals surface area contributed by atoms with E-state index in [9.17, 15) is 15.0 Å². The summed E-state index contributed by atoms with van der Waals surface area (Å²) in [5.74, 6) is -0.00625. The Morgan fingerprint density at radius 1 is 0.435 bits per heavy atom. The summed E-state index contributed by atoms with van der Waals surface area (Å²) < 4.78 is 0. The molecule has 278 valence electrons. The van der Waals surface area contributed by atoms with Crippen LogP contribution >= 0.6 is 0 Å². The molecule has 0 spiro atoms. The van der Waals surface area contributed by atoms with E-state index in [2.05, 4.69) is 27.7 Å². The number of carboxylic acids is 1. The second-order valence-electron chi connectivity index (χ2n) is 15.2. The lowest BCUT2D eigenvalue weighted by atomic mass is 9.80. The Morgan fingerprint density at radius 2 is 0.674 bits per heavy atom. The highest BCUT2D eigenvalue weighted by Crippen LogP contribution is 2.32. The van der Waals surface area contributed by atoms with Gasteiger partial charge in [-0.3, -0.25) is 4.79 Å². The van der Waals surface area contributed by atoms with Crippen molar-refractivity contribution in [1.29, 1.82) is 0 Å². The fourth-order valence-electron chi connectivity index (χ4n) is 6.74. The maximum atomic E-state index is 11.7. The molecule has 46 heavy (non-hydrogen) atoms. The van der Waals surface area contributed by atoms with Gasteiger partial charge in [-0.25, -0.2) is 0 Å². The van der Waals surface area contributed by atoms with E-state index in [1.165, 1.54) is 193 Å². The third-order valence-electron chi connectivity index (χ3n) is 10.4. The summed E-state index contributed by atoms with van der Waals surface area (Å²) in [7, 11) is 0. The van der Waals surface area contributed by atoms with E-state index in [1.807, 2.05) is 6.92 Å².